The molecule has 0 bridgehead atoms. The summed E-state index contributed by atoms with van der Waals surface area (Å²) in [4.78, 5) is 8.13. The molecule has 0 aromatic carbocycles. The molecule has 3 heterocycles. The Morgan fingerprint density at radius 1 is 1.32 bits per heavy atom. The van der Waals surface area contributed by atoms with Crippen LogP contribution in [0.25, 0.3) is 5.65 Å². The molecule has 0 aliphatic heterocycles. The van der Waals surface area contributed by atoms with Crippen LogP contribution in [0.15, 0.2) is 36.8 Å². The van der Waals surface area contributed by atoms with Gasteiger partial charge in [0, 0.05) is 12.4 Å². The number of hydrogen-bond acceptors (Lipinski definition) is 6. The topological polar surface area (TPSA) is 105 Å². The van der Waals surface area contributed by atoms with Crippen LogP contribution in [0.1, 0.15) is 5.56 Å². The second-order valence-corrected chi connectivity index (χ2v) is 3.80. The molecule has 0 radical (unpaired) electrons. The predicted octanol–water partition coefficient (Wildman–Crippen LogP) is 1.32. The first kappa shape index (κ1) is 11.0. The van der Waals surface area contributed by atoms with Gasteiger partial charge in [0.25, 0.3) is 0 Å². The fourth-order valence-electron chi connectivity index (χ4n) is 1.75. The number of fused-ring (bicyclic) bond motifs is 1. The predicted molar refractivity (Wildman–Crippen MR) is 69.6 cm³/mol. The molecule has 0 amide bonds. The summed E-state index contributed by atoms with van der Waals surface area (Å²) < 4.78 is 1.50. The molecular weight excluding hydrogens is 242 g/mol. The number of aromatic nitrogens is 4. The fourth-order valence-corrected chi connectivity index (χ4v) is 1.75. The Bertz CT molecular complexity index is 770. The minimum Gasteiger partial charge on any atom is -0.381 e. The van der Waals surface area contributed by atoms with E-state index in [9.17, 15) is 0 Å². The first-order valence-electron chi connectivity index (χ1n) is 5.50. The highest BCUT2D eigenvalue weighted by atomic mass is 15.3. The van der Waals surface area contributed by atoms with Crippen LogP contribution >= 0.6 is 0 Å². The Morgan fingerprint density at radius 2 is 2.21 bits per heavy atom. The third kappa shape index (κ3) is 1.81. The van der Waals surface area contributed by atoms with Gasteiger partial charge in [-0.1, -0.05) is 0 Å². The molecule has 92 valence electrons. The Balaban J connectivity index is 2.13. The van der Waals surface area contributed by atoms with Crippen LogP contribution in [0.3, 0.4) is 0 Å². The number of nitrogens with zero attached hydrogens (tertiary/aromatic N) is 5. The van der Waals surface area contributed by atoms with E-state index < -0.39 is 0 Å². The van der Waals surface area contributed by atoms with Gasteiger partial charge in [-0.15, -0.1) is 5.10 Å². The van der Waals surface area contributed by atoms with Gasteiger partial charge in [0.15, 0.2) is 11.5 Å². The van der Waals surface area contributed by atoms with Crippen LogP contribution in [0.5, 0.6) is 0 Å². The highest BCUT2D eigenvalue weighted by Crippen LogP contribution is 2.20. The third-order valence-electron chi connectivity index (χ3n) is 2.59. The number of pyridine rings is 1. The van der Waals surface area contributed by atoms with E-state index >= 15 is 0 Å². The van der Waals surface area contributed by atoms with Crippen molar-refractivity contribution in [1.82, 2.24) is 19.6 Å². The molecule has 0 fully saturated rings. The maximum atomic E-state index is 9.03. The zero-order valence-corrected chi connectivity index (χ0v) is 9.78. The van der Waals surface area contributed by atoms with Crippen molar-refractivity contribution >= 4 is 23.0 Å². The average molecular weight is 251 g/mol. The van der Waals surface area contributed by atoms with Gasteiger partial charge in [-0.05, 0) is 18.2 Å². The van der Waals surface area contributed by atoms with Crippen LogP contribution in [-0.2, 0) is 0 Å². The van der Waals surface area contributed by atoms with E-state index in [-0.39, 0.29) is 11.4 Å². The number of nitriles is 1. The van der Waals surface area contributed by atoms with Crippen molar-refractivity contribution in [1.29, 1.82) is 5.26 Å². The maximum Gasteiger partial charge on any atom is 0.177 e. The molecule has 3 aromatic rings. The molecule has 0 spiro atoms. The molecule has 7 heteroatoms. The third-order valence-corrected chi connectivity index (χ3v) is 2.59. The van der Waals surface area contributed by atoms with E-state index in [1.807, 2.05) is 18.2 Å². The van der Waals surface area contributed by atoms with E-state index in [0.717, 1.165) is 5.69 Å². The van der Waals surface area contributed by atoms with Crippen molar-refractivity contribution in [2.24, 2.45) is 0 Å². The van der Waals surface area contributed by atoms with Crippen LogP contribution in [0.4, 0.5) is 17.3 Å². The lowest BCUT2D eigenvalue weighted by molar-refractivity contribution is 0.952. The van der Waals surface area contributed by atoms with Crippen LogP contribution in [0, 0.1) is 11.3 Å². The van der Waals surface area contributed by atoms with Crippen LogP contribution in [-0.4, -0.2) is 19.6 Å². The Morgan fingerprint density at radius 3 is 2.95 bits per heavy atom. The summed E-state index contributed by atoms with van der Waals surface area (Å²) in [7, 11) is 0. The molecule has 0 aliphatic carbocycles. The number of nitrogens with two attached hydrogens (primary N) is 1. The van der Waals surface area contributed by atoms with Gasteiger partial charge in [-0.25, -0.2) is 4.98 Å². The highest BCUT2D eigenvalue weighted by Gasteiger charge is 2.13. The zero-order valence-electron chi connectivity index (χ0n) is 9.78. The fraction of sp³-hybridized carbons (Fsp3) is 0. The standard InChI is InChI=1S/C12H9N7/c13-6-9-11(14)18-19-10(3-5-16-12(9)19)17-8-2-1-4-15-7-8/h1-5,7,17H,(H2,14,18). The van der Waals surface area contributed by atoms with Crippen molar-refractivity contribution in [3.63, 3.8) is 0 Å². The second-order valence-electron chi connectivity index (χ2n) is 3.80. The molecule has 0 saturated heterocycles. The Labute approximate surface area is 108 Å². The van der Waals surface area contributed by atoms with E-state index in [1.54, 1.807) is 24.7 Å². The van der Waals surface area contributed by atoms with Crippen molar-refractivity contribution in [3.8, 4) is 6.07 Å². The SMILES string of the molecule is N#Cc1c(N)nn2c(Nc3cccnc3)ccnc12. The van der Waals surface area contributed by atoms with E-state index in [4.69, 9.17) is 11.0 Å². The maximum absolute atomic E-state index is 9.03. The van der Waals surface area contributed by atoms with Gasteiger partial charge in [-0.3, -0.25) is 4.98 Å². The van der Waals surface area contributed by atoms with Crippen LogP contribution in [0.2, 0.25) is 0 Å². The minimum atomic E-state index is 0.162. The molecule has 19 heavy (non-hydrogen) atoms. The summed E-state index contributed by atoms with van der Waals surface area (Å²) in [6.45, 7) is 0. The van der Waals surface area contributed by atoms with E-state index in [1.165, 1.54) is 4.52 Å². The van der Waals surface area contributed by atoms with Crippen molar-refractivity contribution in [2.75, 3.05) is 11.1 Å². The van der Waals surface area contributed by atoms with Gasteiger partial charge >= 0.3 is 0 Å². The van der Waals surface area contributed by atoms with Crippen molar-refractivity contribution in [2.45, 2.75) is 0 Å². The van der Waals surface area contributed by atoms with Gasteiger partial charge in [0.2, 0.25) is 0 Å². The number of nitrogens with one attached hydrogen (secondary N) is 1. The largest absolute Gasteiger partial charge is 0.381 e. The van der Waals surface area contributed by atoms with Gasteiger partial charge in [-0.2, -0.15) is 9.78 Å². The molecule has 0 unspecified atom stereocenters. The zero-order chi connectivity index (χ0) is 13.2. The molecule has 3 rings (SSSR count). The molecular formula is C12H9N7. The average Bonchev–Trinajstić information content (AvgIpc) is 2.76. The molecule has 0 atom stereocenters. The second kappa shape index (κ2) is 4.27. The first-order chi connectivity index (χ1) is 9.29. The summed E-state index contributed by atoms with van der Waals surface area (Å²) >= 11 is 0. The molecule has 7 nitrogen and oxygen atoms in total. The summed E-state index contributed by atoms with van der Waals surface area (Å²) in [5, 5.41) is 16.3. The first-order valence-corrected chi connectivity index (χ1v) is 5.50. The quantitative estimate of drug-likeness (QED) is 0.711. The lowest BCUT2D eigenvalue weighted by Gasteiger charge is -2.06. The number of hydrogen-bond donors (Lipinski definition) is 2. The van der Waals surface area contributed by atoms with Gasteiger partial charge in [0.1, 0.15) is 17.5 Å². The molecule has 0 aliphatic rings. The van der Waals surface area contributed by atoms with E-state index in [2.05, 4.69) is 20.4 Å². The van der Waals surface area contributed by atoms with Crippen molar-refractivity contribution < 1.29 is 0 Å². The lowest BCUT2D eigenvalue weighted by atomic mass is 10.3. The van der Waals surface area contributed by atoms with Gasteiger partial charge in [0.05, 0.1) is 11.9 Å². The molecule has 3 N–H and O–H groups in total. The molecule has 0 saturated carbocycles. The summed E-state index contributed by atoms with van der Waals surface area (Å²) in [5.41, 5.74) is 7.20. The number of anilines is 3. The minimum absolute atomic E-state index is 0.162. The van der Waals surface area contributed by atoms with Crippen LogP contribution < -0.4 is 11.1 Å². The number of rotatable bonds is 2. The van der Waals surface area contributed by atoms with Crippen molar-refractivity contribution in [3.05, 3.63) is 42.4 Å². The smallest absolute Gasteiger partial charge is 0.177 e. The normalized spacial score (nSPS) is 10.3. The summed E-state index contributed by atoms with van der Waals surface area (Å²) in [6.07, 6.45) is 4.97. The Kier molecular flexibility index (Phi) is 2.47. The summed E-state index contributed by atoms with van der Waals surface area (Å²) in [6, 6.07) is 7.43. The monoisotopic (exact) mass is 251 g/mol. The highest BCUT2D eigenvalue weighted by molar-refractivity contribution is 5.69. The Hall–Kier alpha value is -3.14. The van der Waals surface area contributed by atoms with E-state index in [0.29, 0.717) is 11.5 Å². The van der Waals surface area contributed by atoms with Gasteiger partial charge < -0.3 is 11.1 Å². The summed E-state index contributed by atoms with van der Waals surface area (Å²) in [5.74, 6) is 0.821. The lowest BCUT2D eigenvalue weighted by Crippen LogP contribution is -2.01. The number of nitrogen functional groups attached to an aromatic ring is 1. The molecule has 3 aromatic heterocycles.